The van der Waals surface area contributed by atoms with Gasteiger partial charge in [0, 0.05) is 48.3 Å². The second kappa shape index (κ2) is 10.9. The van der Waals surface area contributed by atoms with Gasteiger partial charge in [0.15, 0.2) is 0 Å². The molecule has 1 fully saturated rings. The normalized spacial score (nSPS) is 16.9. The van der Waals surface area contributed by atoms with Crippen LogP contribution < -0.4 is 15.4 Å². The molecule has 1 aliphatic rings. The van der Waals surface area contributed by atoms with Crippen LogP contribution in [0.15, 0.2) is 55.0 Å². The largest absolute Gasteiger partial charge is 0.473 e. The van der Waals surface area contributed by atoms with Gasteiger partial charge in [-0.1, -0.05) is 30.3 Å². The Bertz CT molecular complexity index is 1290. The molecule has 3 N–H and O–H groups in total. The summed E-state index contributed by atoms with van der Waals surface area (Å²) in [6, 6.07) is 11.1. The van der Waals surface area contributed by atoms with Crippen molar-refractivity contribution in [3.8, 4) is 5.88 Å². The van der Waals surface area contributed by atoms with Crippen molar-refractivity contribution in [2.75, 3.05) is 12.3 Å². The number of carbonyl (C=O) groups is 3. The molecule has 1 saturated heterocycles. The van der Waals surface area contributed by atoms with Crippen LogP contribution in [0.25, 0.3) is 17.0 Å². The van der Waals surface area contributed by atoms with E-state index in [0.717, 1.165) is 22.0 Å². The van der Waals surface area contributed by atoms with Crippen molar-refractivity contribution >= 4 is 46.5 Å². The number of rotatable bonds is 8. The number of hydrogen-bond donors (Lipinski definition) is 3. The van der Waals surface area contributed by atoms with Crippen LogP contribution in [0.3, 0.4) is 0 Å². The summed E-state index contributed by atoms with van der Waals surface area (Å²) in [5.41, 5.74) is 2.78. The van der Waals surface area contributed by atoms with Gasteiger partial charge in [-0.15, -0.1) is 11.8 Å². The van der Waals surface area contributed by atoms with Crippen molar-refractivity contribution in [1.29, 1.82) is 0 Å². The first-order chi connectivity index (χ1) is 17.2. The van der Waals surface area contributed by atoms with E-state index in [2.05, 4.69) is 20.6 Å². The standard InChI is InChI=1S/C26H29N5O4S/c1-17(32)28-14-24(33)31-22(16-36-26(31,2)3)25(34)27-10-9-19-12-29-21-11-23(30-13-20(19)21)35-15-18-7-5-4-6-8-18/h4-13,22,29H,14-16H2,1-3H3,(H,27,34)(H,28,32)/b10-9-. The van der Waals surface area contributed by atoms with Gasteiger partial charge in [-0.05, 0) is 25.5 Å². The molecular formula is C26H29N5O4S. The van der Waals surface area contributed by atoms with E-state index in [9.17, 15) is 14.4 Å². The first-order valence-corrected chi connectivity index (χ1v) is 12.5. The summed E-state index contributed by atoms with van der Waals surface area (Å²) in [5.74, 6) is 0.121. The molecule has 1 aromatic carbocycles. The Kier molecular flexibility index (Phi) is 7.64. The second-order valence-electron chi connectivity index (χ2n) is 8.88. The molecule has 0 radical (unpaired) electrons. The van der Waals surface area contributed by atoms with Crippen molar-refractivity contribution in [3.05, 3.63) is 66.1 Å². The van der Waals surface area contributed by atoms with E-state index in [4.69, 9.17) is 4.74 Å². The summed E-state index contributed by atoms with van der Waals surface area (Å²) in [4.78, 5) is 45.4. The Morgan fingerprint density at radius 3 is 2.81 bits per heavy atom. The van der Waals surface area contributed by atoms with Gasteiger partial charge in [0.1, 0.15) is 12.6 Å². The maximum atomic E-state index is 12.9. The zero-order valence-corrected chi connectivity index (χ0v) is 21.2. The molecule has 3 amide bonds. The maximum Gasteiger partial charge on any atom is 0.247 e. The monoisotopic (exact) mass is 507 g/mol. The third-order valence-electron chi connectivity index (χ3n) is 5.84. The Labute approximate surface area is 213 Å². The van der Waals surface area contributed by atoms with Gasteiger partial charge in [0.25, 0.3) is 0 Å². The van der Waals surface area contributed by atoms with E-state index in [0.29, 0.717) is 18.2 Å². The molecule has 9 nitrogen and oxygen atoms in total. The average molecular weight is 508 g/mol. The van der Waals surface area contributed by atoms with Crippen LogP contribution in [0.2, 0.25) is 0 Å². The molecule has 2 aromatic heterocycles. The van der Waals surface area contributed by atoms with Crippen LogP contribution in [0.4, 0.5) is 0 Å². The highest BCUT2D eigenvalue weighted by atomic mass is 32.2. The third-order valence-corrected chi connectivity index (χ3v) is 7.22. The number of benzene rings is 1. The number of nitrogens with zero attached hydrogens (tertiary/aromatic N) is 2. The number of thioether (sulfide) groups is 1. The van der Waals surface area contributed by atoms with E-state index in [1.165, 1.54) is 18.7 Å². The highest BCUT2D eigenvalue weighted by Crippen LogP contribution is 2.38. The van der Waals surface area contributed by atoms with Crippen LogP contribution in [0.5, 0.6) is 5.88 Å². The van der Waals surface area contributed by atoms with Crippen LogP contribution in [0, 0.1) is 0 Å². The topological polar surface area (TPSA) is 116 Å². The maximum absolute atomic E-state index is 12.9. The van der Waals surface area contributed by atoms with Gasteiger partial charge in [0.2, 0.25) is 23.6 Å². The number of fused-ring (bicyclic) bond motifs is 1. The second-order valence-corrected chi connectivity index (χ2v) is 10.5. The Balaban J connectivity index is 1.38. The fourth-order valence-corrected chi connectivity index (χ4v) is 5.27. The van der Waals surface area contributed by atoms with Gasteiger partial charge >= 0.3 is 0 Å². The highest BCUT2D eigenvalue weighted by Gasteiger charge is 2.46. The van der Waals surface area contributed by atoms with Crippen molar-refractivity contribution in [1.82, 2.24) is 25.5 Å². The van der Waals surface area contributed by atoms with E-state index < -0.39 is 10.9 Å². The van der Waals surface area contributed by atoms with Gasteiger partial charge in [-0.25, -0.2) is 4.98 Å². The van der Waals surface area contributed by atoms with Crippen molar-refractivity contribution in [3.63, 3.8) is 0 Å². The highest BCUT2D eigenvalue weighted by molar-refractivity contribution is 8.00. The Hall–Kier alpha value is -3.79. The summed E-state index contributed by atoms with van der Waals surface area (Å²) in [6.45, 7) is 5.43. The number of pyridine rings is 1. The number of nitrogens with one attached hydrogen (secondary N) is 3. The number of amides is 3. The first kappa shape index (κ1) is 25.3. The van der Waals surface area contributed by atoms with Crippen molar-refractivity contribution < 1.29 is 19.1 Å². The van der Waals surface area contributed by atoms with E-state index in [-0.39, 0.29) is 24.3 Å². The summed E-state index contributed by atoms with van der Waals surface area (Å²) >= 11 is 1.53. The minimum absolute atomic E-state index is 0.141. The van der Waals surface area contributed by atoms with Gasteiger partial charge in [-0.2, -0.15) is 0 Å². The van der Waals surface area contributed by atoms with Crippen LogP contribution in [0.1, 0.15) is 31.9 Å². The van der Waals surface area contributed by atoms with E-state index >= 15 is 0 Å². The molecule has 0 bridgehead atoms. The molecule has 1 unspecified atom stereocenters. The summed E-state index contributed by atoms with van der Waals surface area (Å²) in [5, 5.41) is 6.19. The smallest absolute Gasteiger partial charge is 0.247 e. The van der Waals surface area contributed by atoms with Crippen LogP contribution in [-0.4, -0.2) is 55.8 Å². The minimum atomic E-state index is -0.634. The lowest BCUT2D eigenvalue weighted by atomic mass is 10.2. The molecule has 36 heavy (non-hydrogen) atoms. The lowest BCUT2D eigenvalue weighted by Gasteiger charge is -2.34. The number of ether oxygens (including phenoxy) is 1. The molecule has 4 rings (SSSR count). The summed E-state index contributed by atoms with van der Waals surface area (Å²) < 4.78 is 5.79. The zero-order chi connectivity index (χ0) is 25.7. The molecule has 1 atom stereocenters. The molecular weight excluding hydrogens is 478 g/mol. The Morgan fingerprint density at radius 2 is 2.06 bits per heavy atom. The molecule has 0 aliphatic carbocycles. The van der Waals surface area contributed by atoms with Gasteiger partial charge in [0.05, 0.1) is 16.9 Å². The predicted octanol–water partition coefficient (Wildman–Crippen LogP) is 3.05. The third kappa shape index (κ3) is 5.88. The molecule has 188 valence electrons. The molecule has 10 heteroatoms. The number of H-pyrrole nitrogens is 1. The Morgan fingerprint density at radius 1 is 1.28 bits per heavy atom. The summed E-state index contributed by atoms with van der Waals surface area (Å²) in [7, 11) is 0. The molecule has 3 aromatic rings. The van der Waals surface area contributed by atoms with Crippen molar-refractivity contribution in [2.45, 2.75) is 38.3 Å². The lowest BCUT2D eigenvalue weighted by Crippen LogP contribution is -2.54. The quantitative estimate of drug-likeness (QED) is 0.432. The van der Waals surface area contributed by atoms with Crippen LogP contribution in [-0.2, 0) is 21.0 Å². The molecule has 1 aliphatic heterocycles. The lowest BCUT2D eigenvalue weighted by molar-refractivity contribution is -0.141. The SMILES string of the molecule is CC(=O)NCC(=O)N1C(C(=O)N/C=C\c2c[nH]c3cc(OCc4ccccc4)ncc23)CSC1(C)C. The molecule has 0 spiro atoms. The fraction of sp³-hybridized carbons (Fsp3) is 0.308. The van der Waals surface area contributed by atoms with Gasteiger partial charge < -0.3 is 25.3 Å². The van der Waals surface area contributed by atoms with E-state index in [1.54, 1.807) is 23.4 Å². The number of hydrogen-bond acceptors (Lipinski definition) is 6. The minimum Gasteiger partial charge on any atom is -0.473 e. The van der Waals surface area contributed by atoms with E-state index in [1.807, 2.05) is 56.4 Å². The molecule has 3 heterocycles. The van der Waals surface area contributed by atoms with Crippen molar-refractivity contribution in [2.24, 2.45) is 0 Å². The predicted molar refractivity (Wildman–Crippen MR) is 140 cm³/mol. The summed E-state index contributed by atoms with van der Waals surface area (Å²) in [6.07, 6.45) is 6.90. The average Bonchev–Trinajstić information content (AvgIpc) is 3.41. The fourth-order valence-electron chi connectivity index (χ4n) is 4.03. The zero-order valence-electron chi connectivity index (χ0n) is 20.4. The van der Waals surface area contributed by atoms with Gasteiger partial charge in [-0.3, -0.25) is 14.4 Å². The first-order valence-electron chi connectivity index (χ1n) is 11.6. The number of carbonyl (C=O) groups excluding carboxylic acids is 3. The number of aromatic nitrogens is 2. The van der Waals surface area contributed by atoms with Crippen LogP contribution >= 0.6 is 11.8 Å². The molecule has 0 saturated carbocycles. The number of aromatic amines is 1.